The van der Waals surface area contributed by atoms with Crippen LogP contribution < -0.4 is 5.73 Å². The van der Waals surface area contributed by atoms with E-state index < -0.39 is 5.54 Å². The standard InChI is InChI=1S/C12H23NO2/c1-3-12(2,13)11(14)8-4-6-10-7-5-9-15-10/h10H,3-9,13H2,1-2H3. The molecule has 1 aliphatic heterocycles. The van der Waals surface area contributed by atoms with E-state index in [2.05, 4.69) is 0 Å². The predicted octanol–water partition coefficient (Wildman–Crippen LogP) is 2.03. The van der Waals surface area contributed by atoms with E-state index in [0.29, 0.717) is 18.9 Å². The summed E-state index contributed by atoms with van der Waals surface area (Å²) in [6, 6.07) is 0. The van der Waals surface area contributed by atoms with Gasteiger partial charge in [0.15, 0.2) is 5.78 Å². The van der Waals surface area contributed by atoms with Gasteiger partial charge in [-0.1, -0.05) is 6.92 Å². The lowest BCUT2D eigenvalue weighted by Gasteiger charge is -2.21. The van der Waals surface area contributed by atoms with Crippen LogP contribution in [0.5, 0.6) is 0 Å². The third-order valence-corrected chi connectivity index (χ3v) is 3.33. The van der Waals surface area contributed by atoms with Crippen LogP contribution in [0.25, 0.3) is 0 Å². The Morgan fingerprint density at radius 3 is 2.87 bits per heavy atom. The molecule has 2 N–H and O–H groups in total. The van der Waals surface area contributed by atoms with Gasteiger partial charge in [0.2, 0.25) is 0 Å². The molecule has 1 aliphatic rings. The first kappa shape index (κ1) is 12.7. The van der Waals surface area contributed by atoms with Crippen LogP contribution in [0.1, 0.15) is 52.4 Å². The summed E-state index contributed by atoms with van der Waals surface area (Å²) in [6.07, 6.45) is 5.95. The van der Waals surface area contributed by atoms with Crippen LogP contribution in [-0.4, -0.2) is 24.0 Å². The molecular weight excluding hydrogens is 190 g/mol. The summed E-state index contributed by atoms with van der Waals surface area (Å²) in [7, 11) is 0. The van der Waals surface area contributed by atoms with Gasteiger partial charge in [-0.05, 0) is 39.0 Å². The maximum absolute atomic E-state index is 11.7. The fraction of sp³-hybridized carbons (Fsp3) is 0.917. The van der Waals surface area contributed by atoms with E-state index >= 15 is 0 Å². The lowest BCUT2D eigenvalue weighted by molar-refractivity contribution is -0.123. The minimum Gasteiger partial charge on any atom is -0.378 e. The van der Waals surface area contributed by atoms with Crippen molar-refractivity contribution in [2.45, 2.75) is 64.0 Å². The van der Waals surface area contributed by atoms with Crippen LogP contribution in [0.15, 0.2) is 0 Å². The Morgan fingerprint density at radius 1 is 1.60 bits per heavy atom. The second kappa shape index (κ2) is 5.61. The molecule has 0 amide bonds. The Kier molecular flexibility index (Phi) is 4.74. The van der Waals surface area contributed by atoms with E-state index in [9.17, 15) is 4.79 Å². The zero-order valence-electron chi connectivity index (χ0n) is 9.92. The Hall–Kier alpha value is -0.410. The molecule has 3 heteroatoms. The smallest absolute Gasteiger partial charge is 0.152 e. The van der Waals surface area contributed by atoms with Gasteiger partial charge >= 0.3 is 0 Å². The second-order valence-electron chi connectivity index (χ2n) is 4.72. The van der Waals surface area contributed by atoms with Gasteiger partial charge < -0.3 is 10.5 Å². The number of carbonyl (C=O) groups is 1. The number of rotatable bonds is 6. The normalized spacial score (nSPS) is 25.1. The number of ketones is 1. The SMILES string of the molecule is CCC(C)(N)C(=O)CCCC1CCCO1. The molecule has 15 heavy (non-hydrogen) atoms. The predicted molar refractivity (Wildman–Crippen MR) is 60.7 cm³/mol. The molecule has 1 fully saturated rings. The van der Waals surface area contributed by atoms with Crippen molar-refractivity contribution in [2.75, 3.05) is 6.61 Å². The topological polar surface area (TPSA) is 52.3 Å². The number of hydrogen-bond donors (Lipinski definition) is 1. The summed E-state index contributed by atoms with van der Waals surface area (Å²) < 4.78 is 5.50. The second-order valence-corrected chi connectivity index (χ2v) is 4.72. The fourth-order valence-electron chi connectivity index (χ4n) is 1.85. The Bertz CT molecular complexity index is 208. The lowest BCUT2D eigenvalue weighted by atomic mass is 9.91. The highest BCUT2D eigenvalue weighted by molar-refractivity contribution is 5.87. The Labute approximate surface area is 92.4 Å². The number of hydrogen-bond acceptors (Lipinski definition) is 3. The fourth-order valence-corrected chi connectivity index (χ4v) is 1.85. The highest BCUT2D eigenvalue weighted by Gasteiger charge is 2.25. The van der Waals surface area contributed by atoms with Crippen molar-refractivity contribution in [3.8, 4) is 0 Å². The van der Waals surface area contributed by atoms with E-state index in [0.717, 1.165) is 25.9 Å². The molecule has 2 unspecified atom stereocenters. The largest absolute Gasteiger partial charge is 0.378 e. The molecule has 0 aromatic rings. The molecule has 88 valence electrons. The molecule has 0 spiro atoms. The van der Waals surface area contributed by atoms with E-state index in [1.54, 1.807) is 0 Å². The van der Waals surface area contributed by atoms with Gasteiger partial charge in [-0.25, -0.2) is 0 Å². The monoisotopic (exact) mass is 213 g/mol. The number of carbonyl (C=O) groups excluding carboxylic acids is 1. The van der Waals surface area contributed by atoms with Crippen molar-refractivity contribution in [3.05, 3.63) is 0 Å². The molecule has 3 nitrogen and oxygen atoms in total. The molecule has 0 radical (unpaired) electrons. The van der Waals surface area contributed by atoms with Gasteiger partial charge in [-0.15, -0.1) is 0 Å². The zero-order chi connectivity index (χ0) is 11.3. The van der Waals surface area contributed by atoms with Crippen LogP contribution >= 0.6 is 0 Å². The van der Waals surface area contributed by atoms with Gasteiger partial charge in [0.05, 0.1) is 11.6 Å². The van der Waals surface area contributed by atoms with E-state index in [-0.39, 0.29) is 5.78 Å². The molecule has 0 aromatic heterocycles. The van der Waals surface area contributed by atoms with Crippen LogP contribution in [0, 0.1) is 0 Å². The van der Waals surface area contributed by atoms with Crippen molar-refractivity contribution in [2.24, 2.45) is 5.73 Å². The summed E-state index contributed by atoms with van der Waals surface area (Å²) in [5.41, 5.74) is 5.24. The first-order valence-corrected chi connectivity index (χ1v) is 6.00. The van der Waals surface area contributed by atoms with Crippen molar-refractivity contribution >= 4 is 5.78 Å². The summed E-state index contributed by atoms with van der Waals surface area (Å²) in [5.74, 6) is 0.183. The molecule has 2 atom stereocenters. The van der Waals surface area contributed by atoms with Crippen LogP contribution in [0.2, 0.25) is 0 Å². The molecule has 0 bridgehead atoms. The third-order valence-electron chi connectivity index (χ3n) is 3.33. The molecular formula is C12H23NO2. The van der Waals surface area contributed by atoms with Gasteiger partial charge in [0.1, 0.15) is 0 Å². The van der Waals surface area contributed by atoms with Gasteiger partial charge in [0.25, 0.3) is 0 Å². The maximum atomic E-state index is 11.7. The van der Waals surface area contributed by atoms with Gasteiger partial charge in [-0.3, -0.25) is 4.79 Å². The summed E-state index contributed by atoms with van der Waals surface area (Å²) >= 11 is 0. The van der Waals surface area contributed by atoms with Crippen LogP contribution in [0.3, 0.4) is 0 Å². The molecule has 1 saturated heterocycles. The van der Waals surface area contributed by atoms with Gasteiger partial charge in [0, 0.05) is 13.0 Å². The van der Waals surface area contributed by atoms with Crippen LogP contribution in [-0.2, 0) is 9.53 Å². The zero-order valence-corrected chi connectivity index (χ0v) is 9.92. The molecule has 0 saturated carbocycles. The lowest BCUT2D eigenvalue weighted by Crippen LogP contribution is -2.44. The number of nitrogens with two attached hydrogens (primary N) is 1. The van der Waals surface area contributed by atoms with Crippen molar-refractivity contribution in [3.63, 3.8) is 0 Å². The minimum absolute atomic E-state index is 0.183. The number of Topliss-reactive ketones (excluding diaryl/α,β-unsaturated/α-hetero) is 1. The van der Waals surface area contributed by atoms with Crippen molar-refractivity contribution < 1.29 is 9.53 Å². The summed E-state index contributed by atoms with van der Waals surface area (Å²) in [5, 5.41) is 0. The van der Waals surface area contributed by atoms with E-state index in [4.69, 9.17) is 10.5 Å². The van der Waals surface area contributed by atoms with E-state index in [1.807, 2.05) is 13.8 Å². The Balaban J connectivity index is 2.16. The summed E-state index contributed by atoms with van der Waals surface area (Å²) in [6.45, 7) is 4.67. The van der Waals surface area contributed by atoms with E-state index in [1.165, 1.54) is 6.42 Å². The van der Waals surface area contributed by atoms with Crippen LogP contribution in [0.4, 0.5) is 0 Å². The quantitative estimate of drug-likeness (QED) is 0.734. The Morgan fingerprint density at radius 2 is 2.33 bits per heavy atom. The maximum Gasteiger partial charge on any atom is 0.152 e. The third kappa shape index (κ3) is 3.92. The summed E-state index contributed by atoms with van der Waals surface area (Å²) in [4.78, 5) is 11.7. The molecule has 1 heterocycles. The average Bonchev–Trinajstić information content (AvgIpc) is 2.70. The molecule has 0 aromatic carbocycles. The van der Waals surface area contributed by atoms with Crippen molar-refractivity contribution in [1.82, 2.24) is 0 Å². The highest BCUT2D eigenvalue weighted by atomic mass is 16.5. The average molecular weight is 213 g/mol. The molecule has 1 rings (SSSR count). The number of ether oxygens (including phenoxy) is 1. The highest BCUT2D eigenvalue weighted by Crippen LogP contribution is 2.19. The first-order valence-electron chi connectivity index (χ1n) is 6.00. The van der Waals surface area contributed by atoms with Gasteiger partial charge in [-0.2, -0.15) is 0 Å². The first-order chi connectivity index (χ1) is 7.06. The molecule has 0 aliphatic carbocycles. The minimum atomic E-state index is -0.628. The van der Waals surface area contributed by atoms with Crippen molar-refractivity contribution in [1.29, 1.82) is 0 Å².